The molecule has 1 atom stereocenters. The fourth-order valence-electron chi connectivity index (χ4n) is 4.26. The zero-order valence-electron chi connectivity index (χ0n) is 18.1. The molecule has 0 radical (unpaired) electrons. The second kappa shape index (κ2) is 8.53. The van der Waals surface area contributed by atoms with Crippen LogP contribution in [0.1, 0.15) is 39.2 Å². The largest absolute Gasteiger partial charge is 0.491 e. The van der Waals surface area contributed by atoms with Crippen LogP contribution in [0.4, 0.5) is 10.1 Å². The molecule has 0 aliphatic carbocycles. The van der Waals surface area contributed by atoms with Crippen LogP contribution < -0.4 is 9.64 Å². The lowest BCUT2D eigenvalue weighted by atomic mass is 9.98. The van der Waals surface area contributed by atoms with E-state index < -0.39 is 0 Å². The van der Waals surface area contributed by atoms with E-state index in [1.807, 2.05) is 18.7 Å². The molecule has 2 aliphatic rings. The Balaban J connectivity index is 1.74. The number of hydrogen-bond acceptors (Lipinski definition) is 4. The molecule has 2 aliphatic heterocycles. The summed E-state index contributed by atoms with van der Waals surface area (Å²) in [6, 6.07) is 12.7. The molecular formula is C25H27FN2O3. The van der Waals surface area contributed by atoms with Crippen molar-refractivity contribution < 1.29 is 18.7 Å². The summed E-state index contributed by atoms with van der Waals surface area (Å²) in [6.45, 7) is 7.46. The van der Waals surface area contributed by atoms with Crippen molar-refractivity contribution in [2.75, 3.05) is 18.0 Å². The third-order valence-electron chi connectivity index (χ3n) is 5.63. The number of carbonyl (C=O) groups is 2. The highest BCUT2D eigenvalue weighted by atomic mass is 19.1. The minimum atomic E-state index is -0.387. The number of rotatable bonds is 5. The van der Waals surface area contributed by atoms with Crippen molar-refractivity contribution in [1.29, 1.82) is 0 Å². The van der Waals surface area contributed by atoms with Gasteiger partial charge in [0.25, 0.3) is 11.8 Å². The fraction of sp³-hybridized carbons (Fsp3) is 0.360. The zero-order chi connectivity index (χ0) is 22.1. The fourth-order valence-corrected chi connectivity index (χ4v) is 4.26. The van der Waals surface area contributed by atoms with Crippen LogP contribution >= 0.6 is 0 Å². The van der Waals surface area contributed by atoms with Crippen LogP contribution in [0.15, 0.2) is 54.2 Å². The maximum Gasteiger partial charge on any atom is 0.282 e. The molecule has 31 heavy (non-hydrogen) atoms. The van der Waals surface area contributed by atoms with Gasteiger partial charge in [0.05, 0.1) is 17.4 Å². The summed E-state index contributed by atoms with van der Waals surface area (Å²) in [6.07, 6.45) is 2.09. The highest BCUT2D eigenvalue weighted by Crippen LogP contribution is 2.37. The Kier molecular flexibility index (Phi) is 5.81. The number of ether oxygens (including phenoxy) is 1. The third-order valence-corrected chi connectivity index (χ3v) is 5.63. The van der Waals surface area contributed by atoms with Gasteiger partial charge in [0.15, 0.2) is 0 Å². The number of halogens is 1. The quantitative estimate of drug-likeness (QED) is 0.660. The smallest absolute Gasteiger partial charge is 0.282 e. The third kappa shape index (κ3) is 4.20. The van der Waals surface area contributed by atoms with Gasteiger partial charge in [-0.3, -0.25) is 9.59 Å². The predicted octanol–water partition coefficient (Wildman–Crippen LogP) is 4.63. The highest BCUT2D eigenvalue weighted by molar-refractivity contribution is 6.45. The summed E-state index contributed by atoms with van der Waals surface area (Å²) in [4.78, 5) is 30.3. The standard InChI is InChI=1S/C25H27FN2O3/c1-16(2)31-21-12-10-20(11-13-21)28-24(29)22(18-6-8-19(26)9-7-18)23(25(28)30)27-14-4-5-17(3)15-27/h6-13,16-17H,4-5,14-15H2,1-3H3. The molecule has 0 spiro atoms. The molecular weight excluding hydrogens is 395 g/mol. The van der Waals surface area contributed by atoms with Crippen LogP contribution in [0.25, 0.3) is 5.57 Å². The second-order valence-corrected chi connectivity index (χ2v) is 8.53. The molecule has 2 heterocycles. The summed E-state index contributed by atoms with van der Waals surface area (Å²) in [5.74, 6) is -0.0000401. The summed E-state index contributed by atoms with van der Waals surface area (Å²) < 4.78 is 19.2. The SMILES string of the molecule is CC1CCCN(C2=C(c3ccc(F)cc3)C(=O)N(c3ccc(OC(C)C)cc3)C2=O)C1. The first-order chi connectivity index (χ1) is 14.8. The van der Waals surface area contributed by atoms with E-state index >= 15 is 0 Å². The molecule has 2 aromatic carbocycles. The Bertz CT molecular complexity index is 1010. The molecule has 0 saturated carbocycles. The monoisotopic (exact) mass is 422 g/mol. The first-order valence-electron chi connectivity index (χ1n) is 10.8. The molecule has 4 rings (SSSR count). The molecule has 6 heteroatoms. The molecule has 0 aromatic heterocycles. The lowest BCUT2D eigenvalue weighted by Crippen LogP contribution is -2.39. The van der Waals surface area contributed by atoms with E-state index in [4.69, 9.17) is 4.74 Å². The molecule has 162 valence electrons. The van der Waals surface area contributed by atoms with Crippen molar-refractivity contribution in [2.24, 2.45) is 5.92 Å². The topological polar surface area (TPSA) is 49.9 Å². The van der Waals surface area contributed by atoms with Gasteiger partial charge in [-0.05, 0) is 74.6 Å². The van der Waals surface area contributed by atoms with Gasteiger partial charge >= 0.3 is 0 Å². The van der Waals surface area contributed by atoms with Gasteiger partial charge in [0.1, 0.15) is 17.3 Å². The molecule has 2 amide bonds. The molecule has 1 saturated heterocycles. The van der Waals surface area contributed by atoms with Gasteiger partial charge < -0.3 is 9.64 Å². The Morgan fingerprint density at radius 3 is 2.29 bits per heavy atom. The van der Waals surface area contributed by atoms with Crippen LogP contribution in [0.2, 0.25) is 0 Å². The van der Waals surface area contributed by atoms with Crippen LogP contribution in [0.5, 0.6) is 5.75 Å². The molecule has 0 N–H and O–H groups in total. The molecule has 0 bridgehead atoms. The number of imide groups is 1. The zero-order valence-corrected chi connectivity index (χ0v) is 18.1. The van der Waals surface area contributed by atoms with Gasteiger partial charge in [-0.2, -0.15) is 0 Å². The Labute approximate surface area is 182 Å². The average molecular weight is 423 g/mol. The van der Waals surface area contributed by atoms with Gasteiger partial charge in [0, 0.05) is 13.1 Å². The van der Waals surface area contributed by atoms with E-state index in [1.54, 1.807) is 36.4 Å². The molecule has 1 unspecified atom stereocenters. The maximum atomic E-state index is 13.5. The summed E-state index contributed by atoms with van der Waals surface area (Å²) >= 11 is 0. The summed E-state index contributed by atoms with van der Waals surface area (Å²) in [5.41, 5.74) is 1.79. The average Bonchev–Trinajstić information content (AvgIpc) is 2.99. The lowest BCUT2D eigenvalue weighted by molar-refractivity contribution is -0.120. The maximum absolute atomic E-state index is 13.5. The number of carbonyl (C=O) groups excluding carboxylic acids is 2. The number of benzene rings is 2. The van der Waals surface area contributed by atoms with Crippen LogP contribution in [0, 0.1) is 11.7 Å². The van der Waals surface area contributed by atoms with Crippen LogP contribution in [0.3, 0.4) is 0 Å². The van der Waals surface area contributed by atoms with Gasteiger partial charge in [0.2, 0.25) is 0 Å². The number of piperidine rings is 1. The first kappa shape index (κ1) is 21.1. The second-order valence-electron chi connectivity index (χ2n) is 8.53. The molecule has 5 nitrogen and oxygen atoms in total. The predicted molar refractivity (Wildman–Crippen MR) is 118 cm³/mol. The Morgan fingerprint density at radius 1 is 1.00 bits per heavy atom. The van der Waals surface area contributed by atoms with E-state index in [-0.39, 0.29) is 23.7 Å². The number of anilines is 1. The highest BCUT2D eigenvalue weighted by Gasteiger charge is 2.43. The van der Waals surface area contributed by atoms with Gasteiger partial charge in [-0.15, -0.1) is 0 Å². The number of nitrogens with zero attached hydrogens (tertiary/aromatic N) is 2. The molecule has 1 fully saturated rings. The lowest BCUT2D eigenvalue weighted by Gasteiger charge is -2.33. The van der Waals surface area contributed by atoms with Crippen molar-refractivity contribution in [1.82, 2.24) is 4.90 Å². The number of amides is 2. The minimum Gasteiger partial charge on any atom is -0.491 e. The van der Waals surface area contributed by atoms with E-state index in [1.165, 1.54) is 17.0 Å². The van der Waals surface area contributed by atoms with E-state index in [0.717, 1.165) is 19.4 Å². The molecule has 2 aromatic rings. The van der Waals surface area contributed by atoms with Crippen LogP contribution in [-0.4, -0.2) is 35.9 Å². The van der Waals surface area contributed by atoms with Crippen molar-refractivity contribution >= 4 is 23.1 Å². The minimum absolute atomic E-state index is 0.0281. The van der Waals surface area contributed by atoms with Crippen LogP contribution in [-0.2, 0) is 9.59 Å². The first-order valence-corrected chi connectivity index (χ1v) is 10.8. The Morgan fingerprint density at radius 2 is 1.68 bits per heavy atom. The number of likely N-dealkylation sites (tertiary alicyclic amines) is 1. The van der Waals surface area contributed by atoms with Crippen molar-refractivity contribution in [2.45, 2.75) is 39.7 Å². The Hall–Kier alpha value is -3.15. The van der Waals surface area contributed by atoms with E-state index in [9.17, 15) is 14.0 Å². The van der Waals surface area contributed by atoms with E-state index in [0.29, 0.717) is 40.7 Å². The van der Waals surface area contributed by atoms with Gasteiger partial charge in [-0.1, -0.05) is 19.1 Å². The summed E-state index contributed by atoms with van der Waals surface area (Å²) in [7, 11) is 0. The van der Waals surface area contributed by atoms with Gasteiger partial charge in [-0.25, -0.2) is 9.29 Å². The number of hydrogen-bond donors (Lipinski definition) is 0. The normalized spacial score (nSPS) is 19.6. The van der Waals surface area contributed by atoms with Crippen molar-refractivity contribution in [3.8, 4) is 5.75 Å². The van der Waals surface area contributed by atoms with E-state index in [2.05, 4.69) is 6.92 Å². The van der Waals surface area contributed by atoms with Crippen molar-refractivity contribution in [3.05, 3.63) is 65.6 Å². The van der Waals surface area contributed by atoms with Crippen molar-refractivity contribution in [3.63, 3.8) is 0 Å². The summed E-state index contributed by atoms with van der Waals surface area (Å²) in [5, 5.41) is 0.